The van der Waals surface area contributed by atoms with Crippen LogP contribution in [0.4, 0.5) is 0 Å². The van der Waals surface area contributed by atoms with Crippen molar-refractivity contribution < 1.29 is 4.79 Å². The van der Waals surface area contributed by atoms with E-state index < -0.39 is 0 Å². The largest absolute Gasteiger partial charge is 0.341 e. The summed E-state index contributed by atoms with van der Waals surface area (Å²) in [6.45, 7) is 1.88. The van der Waals surface area contributed by atoms with Crippen molar-refractivity contribution in [1.29, 1.82) is 0 Å². The minimum atomic E-state index is 0. The van der Waals surface area contributed by atoms with Crippen molar-refractivity contribution >= 4 is 18.3 Å². The molecule has 3 nitrogen and oxygen atoms in total. The molecule has 0 unspecified atom stereocenters. The van der Waals surface area contributed by atoms with Gasteiger partial charge in [-0.1, -0.05) is 6.42 Å². The fourth-order valence-corrected chi connectivity index (χ4v) is 2.11. The molecule has 2 aliphatic rings. The number of likely N-dealkylation sites (tertiary alicyclic amines) is 1. The molecule has 1 aliphatic carbocycles. The van der Waals surface area contributed by atoms with E-state index in [1.165, 1.54) is 6.42 Å². The van der Waals surface area contributed by atoms with E-state index >= 15 is 0 Å². The first kappa shape index (κ1) is 11.8. The van der Waals surface area contributed by atoms with Crippen LogP contribution in [0.2, 0.25) is 0 Å². The Morgan fingerprint density at radius 2 is 2.07 bits per heavy atom. The number of nitrogens with one attached hydrogen (secondary N) is 1. The van der Waals surface area contributed by atoms with Gasteiger partial charge in [0.1, 0.15) is 0 Å². The van der Waals surface area contributed by atoms with E-state index in [-0.39, 0.29) is 12.4 Å². The summed E-state index contributed by atoms with van der Waals surface area (Å²) in [4.78, 5) is 13.8. The Morgan fingerprint density at radius 1 is 1.36 bits per heavy atom. The van der Waals surface area contributed by atoms with Crippen LogP contribution < -0.4 is 5.32 Å². The molecule has 0 spiro atoms. The molecule has 2 rings (SSSR count). The van der Waals surface area contributed by atoms with E-state index in [0.29, 0.717) is 17.9 Å². The number of likely N-dealkylation sites (N-methyl/N-ethyl adjacent to an activating group) is 1. The van der Waals surface area contributed by atoms with E-state index in [9.17, 15) is 4.79 Å². The van der Waals surface area contributed by atoms with Crippen molar-refractivity contribution in [1.82, 2.24) is 10.2 Å². The van der Waals surface area contributed by atoms with E-state index in [4.69, 9.17) is 0 Å². The zero-order valence-electron chi connectivity index (χ0n) is 8.66. The first-order chi connectivity index (χ1) is 6.31. The summed E-state index contributed by atoms with van der Waals surface area (Å²) >= 11 is 0. The first-order valence-electron chi connectivity index (χ1n) is 5.27. The van der Waals surface area contributed by atoms with Crippen molar-refractivity contribution in [2.45, 2.75) is 31.7 Å². The van der Waals surface area contributed by atoms with E-state index in [1.54, 1.807) is 0 Å². The molecule has 0 bridgehead atoms. The number of halogens is 1. The van der Waals surface area contributed by atoms with Crippen molar-refractivity contribution in [3.63, 3.8) is 0 Å². The zero-order chi connectivity index (χ0) is 9.26. The third-order valence-corrected chi connectivity index (χ3v) is 3.36. The van der Waals surface area contributed by atoms with Crippen LogP contribution >= 0.6 is 12.4 Å². The Kier molecular flexibility index (Phi) is 4.20. The Bertz CT molecular complexity index is 206. The molecule has 82 valence electrons. The lowest BCUT2D eigenvalue weighted by molar-refractivity contribution is -0.137. The molecule has 1 amide bonds. The lowest BCUT2D eigenvalue weighted by Gasteiger charge is -2.29. The molecule has 4 heteroatoms. The number of hydrogen-bond acceptors (Lipinski definition) is 2. The second-order valence-electron chi connectivity index (χ2n) is 4.19. The third-order valence-electron chi connectivity index (χ3n) is 3.36. The highest BCUT2D eigenvalue weighted by molar-refractivity contribution is 5.85. The van der Waals surface area contributed by atoms with Gasteiger partial charge in [0.25, 0.3) is 0 Å². The van der Waals surface area contributed by atoms with Crippen LogP contribution in [0.5, 0.6) is 0 Å². The molecule has 1 N–H and O–H groups in total. The highest BCUT2D eigenvalue weighted by Crippen LogP contribution is 2.29. The minimum Gasteiger partial charge on any atom is -0.341 e. The van der Waals surface area contributed by atoms with Gasteiger partial charge in [-0.3, -0.25) is 4.79 Å². The topological polar surface area (TPSA) is 32.3 Å². The number of carbonyl (C=O) groups is 1. The summed E-state index contributed by atoms with van der Waals surface area (Å²) in [5.74, 6) is 0.777. The van der Waals surface area contributed by atoms with Crippen molar-refractivity contribution in [3.05, 3.63) is 0 Å². The second-order valence-corrected chi connectivity index (χ2v) is 4.19. The Balaban J connectivity index is 0.000000980. The molecule has 14 heavy (non-hydrogen) atoms. The number of amides is 1. The molecule has 1 atom stereocenters. The fraction of sp³-hybridized carbons (Fsp3) is 0.900. The van der Waals surface area contributed by atoms with Crippen molar-refractivity contribution in [3.8, 4) is 0 Å². The number of carbonyl (C=O) groups excluding carboxylic acids is 1. The highest BCUT2D eigenvalue weighted by Gasteiger charge is 2.32. The van der Waals surface area contributed by atoms with Gasteiger partial charge in [-0.25, -0.2) is 0 Å². The zero-order valence-corrected chi connectivity index (χ0v) is 9.48. The number of hydrogen-bond donors (Lipinski definition) is 1. The molecule has 1 saturated heterocycles. The molecule has 0 aromatic carbocycles. The molecule has 0 radical (unpaired) electrons. The van der Waals surface area contributed by atoms with Gasteiger partial charge in [-0.05, 0) is 26.3 Å². The number of nitrogens with zero attached hydrogens (tertiary/aromatic N) is 1. The summed E-state index contributed by atoms with van der Waals surface area (Å²) in [6, 6.07) is 0.532. The van der Waals surface area contributed by atoms with Crippen molar-refractivity contribution in [2.24, 2.45) is 5.92 Å². The van der Waals surface area contributed by atoms with Gasteiger partial charge in [0, 0.05) is 25.0 Å². The Hall–Kier alpha value is -0.280. The number of rotatable bonds is 2. The maximum Gasteiger partial charge on any atom is 0.225 e. The highest BCUT2D eigenvalue weighted by atomic mass is 35.5. The van der Waals surface area contributed by atoms with Gasteiger partial charge >= 0.3 is 0 Å². The van der Waals surface area contributed by atoms with Crippen LogP contribution in [0.3, 0.4) is 0 Å². The van der Waals surface area contributed by atoms with Gasteiger partial charge < -0.3 is 10.2 Å². The SMILES string of the molecule is CN[C@H]1CCN(C(=O)C2CCC2)C1.Cl. The minimum absolute atomic E-state index is 0. The fourth-order valence-electron chi connectivity index (χ4n) is 2.11. The van der Waals surface area contributed by atoms with Crippen LogP contribution in [0.1, 0.15) is 25.7 Å². The smallest absolute Gasteiger partial charge is 0.225 e. The molecule has 1 aliphatic heterocycles. The van der Waals surface area contributed by atoms with Gasteiger partial charge in [0.05, 0.1) is 0 Å². The van der Waals surface area contributed by atoms with Crippen LogP contribution in [0.15, 0.2) is 0 Å². The summed E-state index contributed by atoms with van der Waals surface area (Å²) < 4.78 is 0. The van der Waals surface area contributed by atoms with Gasteiger partial charge in [0.15, 0.2) is 0 Å². The van der Waals surface area contributed by atoms with Crippen LogP contribution in [-0.4, -0.2) is 37.0 Å². The molecule has 0 aromatic heterocycles. The summed E-state index contributed by atoms with van der Waals surface area (Å²) in [7, 11) is 1.97. The quantitative estimate of drug-likeness (QED) is 0.751. The second kappa shape index (κ2) is 4.99. The maximum atomic E-state index is 11.8. The predicted molar refractivity (Wildman–Crippen MR) is 58.6 cm³/mol. The van der Waals surface area contributed by atoms with Crippen LogP contribution in [0.25, 0.3) is 0 Å². The third kappa shape index (κ3) is 2.20. The van der Waals surface area contributed by atoms with Gasteiger partial charge in [-0.15, -0.1) is 12.4 Å². The monoisotopic (exact) mass is 218 g/mol. The van der Waals surface area contributed by atoms with E-state index in [1.807, 2.05) is 11.9 Å². The normalized spacial score (nSPS) is 26.9. The van der Waals surface area contributed by atoms with E-state index in [2.05, 4.69) is 5.32 Å². The van der Waals surface area contributed by atoms with Crippen LogP contribution in [-0.2, 0) is 4.79 Å². The summed E-state index contributed by atoms with van der Waals surface area (Å²) in [5.41, 5.74) is 0. The Morgan fingerprint density at radius 3 is 2.50 bits per heavy atom. The predicted octanol–water partition coefficient (Wildman–Crippen LogP) is 1.03. The standard InChI is InChI=1S/C10H18N2O.ClH/c1-11-9-5-6-12(7-9)10(13)8-3-2-4-8;/h8-9,11H,2-7H2,1H3;1H/t9-;/m0./s1. The van der Waals surface area contributed by atoms with Crippen molar-refractivity contribution in [2.75, 3.05) is 20.1 Å². The van der Waals surface area contributed by atoms with Gasteiger partial charge in [-0.2, -0.15) is 0 Å². The molecule has 0 aromatic rings. The van der Waals surface area contributed by atoms with Crippen LogP contribution in [0, 0.1) is 5.92 Å². The first-order valence-corrected chi connectivity index (χ1v) is 5.27. The van der Waals surface area contributed by atoms with E-state index in [0.717, 1.165) is 32.4 Å². The summed E-state index contributed by atoms with van der Waals surface area (Å²) in [6.07, 6.45) is 4.62. The van der Waals surface area contributed by atoms with Gasteiger partial charge in [0.2, 0.25) is 5.91 Å². The summed E-state index contributed by atoms with van der Waals surface area (Å²) in [5, 5.41) is 3.23. The Labute approximate surface area is 91.6 Å². The lowest BCUT2D eigenvalue weighted by Crippen LogP contribution is -2.39. The average Bonchev–Trinajstić information content (AvgIpc) is 2.48. The molecule has 1 heterocycles. The molecule has 2 fully saturated rings. The maximum absolute atomic E-state index is 11.8. The molecular formula is C10H19ClN2O. The molecule has 1 saturated carbocycles. The lowest BCUT2D eigenvalue weighted by atomic mass is 9.84. The average molecular weight is 219 g/mol. The molecular weight excluding hydrogens is 200 g/mol.